The summed E-state index contributed by atoms with van der Waals surface area (Å²) in [7, 11) is 1.66. The molecule has 2 aliphatic heterocycles. The lowest BCUT2D eigenvalue weighted by atomic mass is 10.0. The van der Waals surface area contributed by atoms with Gasteiger partial charge in [-0.3, -0.25) is 9.69 Å². The molecule has 1 atom stereocenters. The highest BCUT2D eigenvalue weighted by Gasteiger charge is 2.24. The van der Waals surface area contributed by atoms with Gasteiger partial charge >= 0.3 is 0 Å². The van der Waals surface area contributed by atoms with E-state index in [2.05, 4.69) is 15.3 Å². The van der Waals surface area contributed by atoms with E-state index in [0.29, 0.717) is 37.9 Å². The summed E-state index contributed by atoms with van der Waals surface area (Å²) < 4.78 is 18.1. The molecule has 28 heavy (non-hydrogen) atoms. The Bertz CT molecular complexity index is 776. The monoisotopic (exact) mass is 386 g/mol. The van der Waals surface area contributed by atoms with Crippen molar-refractivity contribution < 1.29 is 19.0 Å². The third kappa shape index (κ3) is 4.13. The molecule has 1 fully saturated rings. The molecule has 0 aliphatic carbocycles. The number of benzene rings is 1. The number of hydrogen-bond acceptors (Lipinski definition) is 6. The van der Waals surface area contributed by atoms with Gasteiger partial charge in [-0.05, 0) is 17.7 Å². The Hall–Kier alpha value is -2.58. The first kappa shape index (κ1) is 18.8. The van der Waals surface area contributed by atoms with Crippen molar-refractivity contribution in [1.29, 1.82) is 0 Å². The van der Waals surface area contributed by atoms with Crippen molar-refractivity contribution in [1.82, 2.24) is 20.0 Å². The quantitative estimate of drug-likeness (QED) is 0.810. The number of hydrogen-bond donors (Lipinski definition) is 1. The smallest absolute Gasteiger partial charge is 0.271 e. The molecule has 2 aliphatic rings. The second-order valence-corrected chi connectivity index (χ2v) is 6.94. The van der Waals surface area contributed by atoms with Crippen LogP contribution in [0.2, 0.25) is 0 Å². The van der Waals surface area contributed by atoms with Gasteiger partial charge in [0.15, 0.2) is 5.69 Å². The van der Waals surface area contributed by atoms with Gasteiger partial charge in [-0.1, -0.05) is 12.1 Å². The molecule has 0 saturated carbocycles. The van der Waals surface area contributed by atoms with E-state index < -0.39 is 0 Å². The first-order valence-electron chi connectivity index (χ1n) is 9.69. The molecular weight excluding hydrogens is 360 g/mol. The van der Waals surface area contributed by atoms with Crippen LogP contribution < -0.4 is 14.8 Å². The van der Waals surface area contributed by atoms with Crippen LogP contribution in [0.5, 0.6) is 11.6 Å². The Balaban J connectivity index is 1.46. The lowest BCUT2D eigenvalue weighted by Gasteiger charge is -2.35. The van der Waals surface area contributed by atoms with E-state index in [0.717, 1.165) is 37.4 Å². The normalized spacial score (nSPS) is 18.0. The predicted octanol–water partition coefficient (Wildman–Crippen LogP) is 1.48. The van der Waals surface area contributed by atoms with Crippen LogP contribution in [-0.4, -0.2) is 67.2 Å². The van der Waals surface area contributed by atoms with Gasteiger partial charge in [0.05, 0.1) is 33.0 Å². The number of rotatable bonds is 6. The standard InChI is InChI=1S/C20H26N4O4/c1-26-16-5-3-15(4-6-16)18(23-8-11-27-12-9-23)14-21-20(25)17-13-19-24(22-17)7-2-10-28-19/h3-6,13,18H,2,7-12,14H2,1H3,(H,21,25). The summed E-state index contributed by atoms with van der Waals surface area (Å²) in [6.45, 7) is 5.01. The van der Waals surface area contributed by atoms with Crippen molar-refractivity contribution in [3.05, 3.63) is 41.6 Å². The number of carbonyl (C=O) groups excluding carboxylic acids is 1. The van der Waals surface area contributed by atoms with Crippen LogP contribution in [0, 0.1) is 0 Å². The summed E-state index contributed by atoms with van der Waals surface area (Å²) in [5, 5.41) is 7.41. The Morgan fingerprint density at radius 3 is 2.71 bits per heavy atom. The number of aryl methyl sites for hydroxylation is 1. The third-order valence-electron chi connectivity index (χ3n) is 5.18. The van der Waals surface area contributed by atoms with Crippen LogP contribution in [0.3, 0.4) is 0 Å². The minimum absolute atomic E-state index is 0.0623. The van der Waals surface area contributed by atoms with Crippen LogP contribution in [0.1, 0.15) is 28.5 Å². The fourth-order valence-corrected chi connectivity index (χ4v) is 3.63. The second-order valence-electron chi connectivity index (χ2n) is 6.94. The summed E-state index contributed by atoms with van der Waals surface area (Å²) in [5.74, 6) is 1.30. The fourth-order valence-electron chi connectivity index (χ4n) is 3.63. The molecule has 1 aromatic carbocycles. The first-order valence-corrected chi connectivity index (χ1v) is 9.69. The SMILES string of the molecule is COc1ccc(C(CNC(=O)c2cc3n(n2)CCCO3)N2CCOCC2)cc1. The highest BCUT2D eigenvalue weighted by Crippen LogP contribution is 2.24. The summed E-state index contributed by atoms with van der Waals surface area (Å²) in [5.41, 5.74) is 1.53. The van der Waals surface area contributed by atoms with Crippen LogP contribution in [0.15, 0.2) is 30.3 Å². The molecule has 1 amide bonds. The Morgan fingerprint density at radius 2 is 2.00 bits per heavy atom. The Kier molecular flexibility index (Phi) is 5.78. The molecule has 150 valence electrons. The lowest BCUT2D eigenvalue weighted by molar-refractivity contribution is 0.0162. The van der Waals surface area contributed by atoms with Crippen molar-refractivity contribution in [2.45, 2.75) is 19.0 Å². The van der Waals surface area contributed by atoms with Gasteiger partial charge in [-0.15, -0.1) is 0 Å². The Labute approximate surface area is 164 Å². The van der Waals surface area contributed by atoms with E-state index in [9.17, 15) is 4.79 Å². The lowest BCUT2D eigenvalue weighted by Crippen LogP contribution is -2.43. The maximum atomic E-state index is 12.7. The summed E-state index contributed by atoms with van der Waals surface area (Å²) in [6, 6.07) is 9.78. The van der Waals surface area contributed by atoms with Gasteiger partial charge in [0.2, 0.25) is 5.88 Å². The minimum atomic E-state index is -0.183. The Morgan fingerprint density at radius 1 is 1.21 bits per heavy atom. The maximum absolute atomic E-state index is 12.7. The number of nitrogens with one attached hydrogen (secondary N) is 1. The average molecular weight is 386 g/mol. The number of methoxy groups -OCH3 is 1. The van der Waals surface area contributed by atoms with Crippen molar-refractivity contribution in [2.24, 2.45) is 0 Å². The predicted molar refractivity (Wildman–Crippen MR) is 103 cm³/mol. The highest BCUT2D eigenvalue weighted by molar-refractivity contribution is 5.92. The van der Waals surface area contributed by atoms with E-state index in [4.69, 9.17) is 14.2 Å². The maximum Gasteiger partial charge on any atom is 0.271 e. The van der Waals surface area contributed by atoms with Crippen molar-refractivity contribution >= 4 is 5.91 Å². The number of carbonyl (C=O) groups is 1. The molecular formula is C20H26N4O4. The van der Waals surface area contributed by atoms with Gasteiger partial charge in [0.1, 0.15) is 5.75 Å². The van der Waals surface area contributed by atoms with E-state index in [1.807, 2.05) is 24.3 Å². The molecule has 2 aromatic rings. The number of ether oxygens (including phenoxy) is 3. The fraction of sp³-hybridized carbons (Fsp3) is 0.500. The summed E-state index contributed by atoms with van der Waals surface area (Å²) in [6.07, 6.45) is 0.909. The summed E-state index contributed by atoms with van der Waals surface area (Å²) in [4.78, 5) is 15.0. The van der Waals surface area contributed by atoms with Crippen LogP contribution >= 0.6 is 0 Å². The number of nitrogens with zero attached hydrogens (tertiary/aromatic N) is 3. The number of fused-ring (bicyclic) bond motifs is 1. The third-order valence-corrected chi connectivity index (χ3v) is 5.18. The van der Waals surface area contributed by atoms with E-state index >= 15 is 0 Å². The molecule has 8 nitrogen and oxygen atoms in total. The molecule has 4 rings (SSSR count). The molecule has 3 heterocycles. The molecule has 0 bridgehead atoms. The second kappa shape index (κ2) is 8.62. The van der Waals surface area contributed by atoms with Gasteiger partial charge in [0.25, 0.3) is 5.91 Å². The zero-order valence-electron chi connectivity index (χ0n) is 16.1. The van der Waals surface area contributed by atoms with Crippen molar-refractivity contribution in [3.8, 4) is 11.6 Å². The molecule has 1 aromatic heterocycles. The molecule has 1 N–H and O–H groups in total. The minimum Gasteiger partial charge on any atom is -0.497 e. The number of morpholine rings is 1. The zero-order valence-corrected chi connectivity index (χ0v) is 16.1. The first-order chi connectivity index (χ1) is 13.7. The van der Waals surface area contributed by atoms with Crippen LogP contribution in [0.25, 0.3) is 0 Å². The van der Waals surface area contributed by atoms with Crippen LogP contribution in [-0.2, 0) is 11.3 Å². The molecule has 1 unspecified atom stereocenters. The highest BCUT2D eigenvalue weighted by atomic mass is 16.5. The number of aromatic nitrogens is 2. The molecule has 1 saturated heterocycles. The number of amides is 1. The van der Waals surface area contributed by atoms with Gasteiger partial charge in [0, 0.05) is 38.7 Å². The zero-order chi connectivity index (χ0) is 19.3. The van der Waals surface area contributed by atoms with E-state index in [-0.39, 0.29) is 11.9 Å². The van der Waals surface area contributed by atoms with Gasteiger partial charge in [-0.25, -0.2) is 4.68 Å². The van der Waals surface area contributed by atoms with Crippen LogP contribution in [0.4, 0.5) is 0 Å². The topological polar surface area (TPSA) is 77.8 Å². The van der Waals surface area contributed by atoms with E-state index in [1.54, 1.807) is 17.9 Å². The van der Waals surface area contributed by atoms with Crippen molar-refractivity contribution in [3.63, 3.8) is 0 Å². The average Bonchev–Trinajstić information content (AvgIpc) is 3.19. The van der Waals surface area contributed by atoms with E-state index in [1.165, 1.54) is 0 Å². The molecule has 8 heteroatoms. The largest absolute Gasteiger partial charge is 0.497 e. The van der Waals surface area contributed by atoms with Crippen molar-refractivity contribution in [2.75, 3.05) is 46.6 Å². The summed E-state index contributed by atoms with van der Waals surface area (Å²) >= 11 is 0. The van der Waals surface area contributed by atoms with Gasteiger partial charge < -0.3 is 19.5 Å². The molecule has 0 spiro atoms. The van der Waals surface area contributed by atoms with Gasteiger partial charge in [-0.2, -0.15) is 5.10 Å². The molecule has 0 radical (unpaired) electrons.